The first-order valence-corrected chi connectivity index (χ1v) is 7.05. The number of hydrogen-bond donors (Lipinski definition) is 2. The van der Waals surface area contributed by atoms with E-state index in [-0.39, 0.29) is 23.6 Å². The van der Waals surface area contributed by atoms with E-state index in [9.17, 15) is 9.59 Å². The Morgan fingerprint density at radius 3 is 2.63 bits per heavy atom. The lowest BCUT2D eigenvalue weighted by molar-refractivity contribution is -0.116. The largest absolute Gasteiger partial charge is 0.478 e. The SMILES string of the molecule is COCCCC(=O)Nc1c(Br)cc(Br)cc1C(=O)O. The summed E-state index contributed by atoms with van der Waals surface area (Å²) in [4.78, 5) is 22.9. The fourth-order valence-corrected chi connectivity index (χ4v) is 2.77. The van der Waals surface area contributed by atoms with Crippen LogP contribution in [-0.2, 0) is 9.53 Å². The van der Waals surface area contributed by atoms with E-state index < -0.39 is 5.97 Å². The molecule has 1 aromatic rings. The number of aromatic carboxylic acids is 1. The van der Waals surface area contributed by atoms with Gasteiger partial charge in [-0.1, -0.05) is 15.9 Å². The fraction of sp³-hybridized carbons (Fsp3) is 0.333. The number of anilines is 1. The quantitative estimate of drug-likeness (QED) is 0.726. The molecule has 0 atom stereocenters. The van der Waals surface area contributed by atoms with E-state index in [4.69, 9.17) is 9.84 Å². The van der Waals surface area contributed by atoms with Crippen molar-refractivity contribution in [1.82, 2.24) is 0 Å². The summed E-state index contributed by atoms with van der Waals surface area (Å²) in [5.74, 6) is -1.35. The first-order chi connectivity index (χ1) is 8.95. The molecule has 5 nitrogen and oxygen atoms in total. The molecule has 0 aliphatic heterocycles. The zero-order chi connectivity index (χ0) is 14.4. The van der Waals surface area contributed by atoms with Gasteiger partial charge in [-0.3, -0.25) is 4.79 Å². The third kappa shape index (κ3) is 4.93. The molecule has 0 saturated heterocycles. The zero-order valence-corrected chi connectivity index (χ0v) is 13.4. The smallest absolute Gasteiger partial charge is 0.337 e. The molecule has 0 aromatic heterocycles. The topological polar surface area (TPSA) is 75.6 Å². The highest BCUT2D eigenvalue weighted by Gasteiger charge is 2.16. The van der Waals surface area contributed by atoms with E-state index in [0.29, 0.717) is 22.0 Å². The van der Waals surface area contributed by atoms with E-state index in [2.05, 4.69) is 37.2 Å². The van der Waals surface area contributed by atoms with Crippen LogP contribution in [-0.4, -0.2) is 30.7 Å². The van der Waals surface area contributed by atoms with Crippen molar-refractivity contribution in [2.75, 3.05) is 19.0 Å². The summed E-state index contributed by atoms with van der Waals surface area (Å²) in [7, 11) is 1.56. The highest BCUT2D eigenvalue weighted by Crippen LogP contribution is 2.31. The number of halogens is 2. The minimum Gasteiger partial charge on any atom is -0.478 e. The molecule has 0 spiro atoms. The van der Waals surface area contributed by atoms with Crippen LogP contribution in [0.5, 0.6) is 0 Å². The van der Waals surface area contributed by atoms with Crippen LogP contribution in [0.1, 0.15) is 23.2 Å². The van der Waals surface area contributed by atoms with Crippen molar-refractivity contribution in [2.24, 2.45) is 0 Å². The van der Waals surface area contributed by atoms with Gasteiger partial charge in [-0.15, -0.1) is 0 Å². The van der Waals surface area contributed by atoms with Crippen LogP contribution in [0, 0.1) is 0 Å². The Hall–Kier alpha value is -0.920. The Morgan fingerprint density at radius 1 is 1.37 bits per heavy atom. The molecule has 19 heavy (non-hydrogen) atoms. The number of carboxylic acid groups (broad SMARTS) is 1. The van der Waals surface area contributed by atoms with Gasteiger partial charge in [-0.2, -0.15) is 0 Å². The number of amides is 1. The first-order valence-electron chi connectivity index (χ1n) is 5.46. The molecule has 0 heterocycles. The molecular formula is C12H13Br2NO4. The molecule has 0 fully saturated rings. The normalized spacial score (nSPS) is 10.3. The lowest BCUT2D eigenvalue weighted by Gasteiger charge is -2.11. The third-order valence-corrected chi connectivity index (χ3v) is 3.39. The Morgan fingerprint density at radius 2 is 2.05 bits per heavy atom. The average Bonchev–Trinajstić information content (AvgIpc) is 2.32. The highest BCUT2D eigenvalue weighted by molar-refractivity contribution is 9.11. The minimum atomic E-state index is -1.10. The summed E-state index contributed by atoms with van der Waals surface area (Å²) < 4.78 is 5.99. The number of carbonyl (C=O) groups excluding carboxylic acids is 1. The van der Waals surface area contributed by atoms with Gasteiger partial charge in [0.05, 0.1) is 11.3 Å². The van der Waals surface area contributed by atoms with E-state index in [1.807, 2.05) is 0 Å². The minimum absolute atomic E-state index is 0.0290. The second-order valence-electron chi connectivity index (χ2n) is 3.76. The predicted octanol–water partition coefficient (Wildman–Crippen LogP) is 3.27. The van der Waals surface area contributed by atoms with Gasteiger partial charge in [0.15, 0.2) is 0 Å². The first kappa shape index (κ1) is 16.1. The number of carbonyl (C=O) groups is 2. The number of methoxy groups -OCH3 is 1. The number of benzene rings is 1. The van der Waals surface area contributed by atoms with Crippen molar-refractivity contribution in [3.63, 3.8) is 0 Å². The molecule has 1 rings (SSSR count). The van der Waals surface area contributed by atoms with Gasteiger partial charge < -0.3 is 15.2 Å². The highest BCUT2D eigenvalue weighted by atomic mass is 79.9. The molecule has 1 aromatic carbocycles. The number of nitrogens with one attached hydrogen (secondary N) is 1. The number of ether oxygens (including phenoxy) is 1. The van der Waals surface area contributed by atoms with E-state index >= 15 is 0 Å². The van der Waals surface area contributed by atoms with Crippen molar-refractivity contribution in [1.29, 1.82) is 0 Å². The van der Waals surface area contributed by atoms with Gasteiger partial charge in [0, 0.05) is 29.1 Å². The van der Waals surface area contributed by atoms with Crippen molar-refractivity contribution in [3.05, 3.63) is 26.6 Å². The second-order valence-corrected chi connectivity index (χ2v) is 5.53. The van der Waals surface area contributed by atoms with Gasteiger partial charge in [-0.05, 0) is 34.5 Å². The van der Waals surface area contributed by atoms with E-state index in [1.165, 1.54) is 6.07 Å². The molecule has 1 amide bonds. The summed E-state index contributed by atoms with van der Waals surface area (Å²) in [6.07, 6.45) is 0.855. The van der Waals surface area contributed by atoms with Gasteiger partial charge in [0.1, 0.15) is 0 Å². The summed E-state index contributed by atoms with van der Waals surface area (Å²) in [5, 5.41) is 11.7. The van der Waals surface area contributed by atoms with Crippen LogP contribution in [0.3, 0.4) is 0 Å². The maximum atomic E-state index is 11.7. The lowest BCUT2D eigenvalue weighted by atomic mass is 10.1. The van der Waals surface area contributed by atoms with Gasteiger partial charge >= 0.3 is 5.97 Å². The van der Waals surface area contributed by atoms with Crippen LogP contribution in [0.2, 0.25) is 0 Å². The Kier molecular flexibility index (Phi) is 6.47. The van der Waals surface area contributed by atoms with Crippen molar-refractivity contribution in [2.45, 2.75) is 12.8 Å². The van der Waals surface area contributed by atoms with Crippen molar-refractivity contribution in [3.8, 4) is 0 Å². The molecule has 0 aliphatic rings. The standard InChI is InChI=1S/C12H13Br2NO4/c1-19-4-2-3-10(16)15-11-8(12(17)18)5-7(13)6-9(11)14/h5-6H,2-4H2,1H3,(H,15,16)(H,17,18). The average molecular weight is 395 g/mol. The monoisotopic (exact) mass is 393 g/mol. The Balaban J connectivity index is 2.88. The molecular weight excluding hydrogens is 382 g/mol. The molecule has 0 bridgehead atoms. The Labute approximate surface area is 127 Å². The number of rotatable bonds is 6. The van der Waals surface area contributed by atoms with Crippen LogP contribution in [0.25, 0.3) is 0 Å². The predicted molar refractivity (Wildman–Crippen MR) is 78.5 cm³/mol. The molecule has 2 N–H and O–H groups in total. The molecule has 7 heteroatoms. The van der Waals surface area contributed by atoms with Crippen LogP contribution in [0.15, 0.2) is 21.1 Å². The van der Waals surface area contributed by atoms with Crippen molar-refractivity contribution < 1.29 is 19.4 Å². The van der Waals surface area contributed by atoms with Gasteiger partial charge in [-0.25, -0.2) is 4.79 Å². The zero-order valence-electron chi connectivity index (χ0n) is 10.2. The summed E-state index contributed by atoms with van der Waals surface area (Å²) >= 11 is 6.45. The number of hydrogen-bond acceptors (Lipinski definition) is 3. The molecule has 0 radical (unpaired) electrons. The summed E-state index contributed by atoms with van der Waals surface area (Å²) in [6, 6.07) is 3.12. The molecule has 0 aliphatic carbocycles. The van der Waals surface area contributed by atoms with Crippen LogP contribution < -0.4 is 5.32 Å². The van der Waals surface area contributed by atoms with E-state index in [1.54, 1.807) is 13.2 Å². The maximum absolute atomic E-state index is 11.7. The number of carboxylic acids is 1. The van der Waals surface area contributed by atoms with Crippen molar-refractivity contribution >= 4 is 49.4 Å². The second kappa shape index (κ2) is 7.62. The fourth-order valence-electron chi connectivity index (χ4n) is 1.45. The molecule has 0 unspecified atom stereocenters. The molecule has 0 saturated carbocycles. The molecule has 104 valence electrons. The third-order valence-electron chi connectivity index (χ3n) is 2.30. The van der Waals surface area contributed by atoms with Crippen LogP contribution in [0.4, 0.5) is 5.69 Å². The van der Waals surface area contributed by atoms with E-state index in [0.717, 1.165) is 0 Å². The Bertz CT molecular complexity index is 491. The summed E-state index contributed by atoms with van der Waals surface area (Å²) in [5.41, 5.74) is 0.291. The summed E-state index contributed by atoms with van der Waals surface area (Å²) in [6.45, 7) is 0.487. The van der Waals surface area contributed by atoms with Gasteiger partial charge in [0.25, 0.3) is 0 Å². The van der Waals surface area contributed by atoms with Gasteiger partial charge in [0.2, 0.25) is 5.91 Å². The maximum Gasteiger partial charge on any atom is 0.337 e. The lowest BCUT2D eigenvalue weighted by Crippen LogP contribution is -2.15. The van der Waals surface area contributed by atoms with Crippen LogP contribution >= 0.6 is 31.9 Å².